The van der Waals surface area contributed by atoms with Gasteiger partial charge in [-0.25, -0.2) is 0 Å². The highest BCUT2D eigenvalue weighted by Crippen LogP contribution is 2.25. The van der Waals surface area contributed by atoms with Crippen molar-refractivity contribution in [2.24, 2.45) is 0 Å². The van der Waals surface area contributed by atoms with Gasteiger partial charge in [0.15, 0.2) is 0 Å². The topological polar surface area (TPSA) is 53.1 Å². The van der Waals surface area contributed by atoms with Crippen LogP contribution in [0.1, 0.15) is 30.4 Å². The van der Waals surface area contributed by atoms with E-state index in [9.17, 15) is 0 Å². The van der Waals surface area contributed by atoms with Gasteiger partial charge in [-0.05, 0) is 57.4 Å². The Morgan fingerprint density at radius 3 is 1.89 bits per heavy atom. The Morgan fingerprint density at radius 1 is 0.714 bits per heavy atom. The van der Waals surface area contributed by atoms with Crippen molar-refractivity contribution in [2.45, 2.75) is 33.1 Å². The normalized spacial score (nSPS) is 14.0. The van der Waals surface area contributed by atoms with Crippen LogP contribution >= 0.6 is 0 Å². The molecule has 0 aliphatic carbocycles. The quantitative estimate of drug-likeness (QED) is 0.612. The molecule has 0 spiro atoms. The van der Waals surface area contributed by atoms with E-state index in [1.807, 2.05) is 6.07 Å². The van der Waals surface area contributed by atoms with E-state index in [2.05, 4.69) is 77.9 Å². The van der Waals surface area contributed by atoms with Gasteiger partial charge >= 0.3 is 0 Å². The van der Waals surface area contributed by atoms with E-state index < -0.39 is 0 Å². The van der Waals surface area contributed by atoms with Crippen LogP contribution in [0.2, 0.25) is 0 Å². The smallest absolute Gasteiger partial charge is 0.231 e. The Hall–Kier alpha value is -3.08. The van der Waals surface area contributed by atoms with Crippen LogP contribution in [0.3, 0.4) is 0 Å². The largest absolute Gasteiger partial charge is 0.356 e. The summed E-state index contributed by atoms with van der Waals surface area (Å²) in [6, 6.07) is 18.7. The highest BCUT2D eigenvalue weighted by molar-refractivity contribution is 5.64. The predicted octanol–water partition coefficient (Wildman–Crippen LogP) is 5.57. The van der Waals surface area contributed by atoms with Crippen LogP contribution in [0.4, 0.5) is 29.0 Å². The molecule has 1 saturated heterocycles. The van der Waals surface area contributed by atoms with Crippen LogP contribution in [0.15, 0.2) is 54.6 Å². The molecular weight excluding hydrogens is 346 g/mol. The molecule has 0 atom stereocenters. The van der Waals surface area contributed by atoms with Crippen molar-refractivity contribution in [2.75, 3.05) is 28.6 Å². The van der Waals surface area contributed by atoms with Gasteiger partial charge in [0, 0.05) is 30.5 Å². The first-order chi connectivity index (χ1) is 13.7. The summed E-state index contributed by atoms with van der Waals surface area (Å²) in [6.45, 7) is 6.27. The van der Waals surface area contributed by atoms with E-state index in [0.29, 0.717) is 5.95 Å². The summed E-state index contributed by atoms with van der Waals surface area (Å²) >= 11 is 0. The second kappa shape index (κ2) is 8.30. The number of piperidine rings is 1. The van der Waals surface area contributed by atoms with Gasteiger partial charge in [-0.3, -0.25) is 0 Å². The molecule has 28 heavy (non-hydrogen) atoms. The third-order valence-electron chi connectivity index (χ3n) is 5.02. The van der Waals surface area contributed by atoms with Gasteiger partial charge in [0.05, 0.1) is 0 Å². The van der Waals surface area contributed by atoms with E-state index in [-0.39, 0.29) is 0 Å². The van der Waals surface area contributed by atoms with Crippen molar-refractivity contribution < 1.29 is 0 Å². The molecule has 0 saturated carbocycles. The molecule has 144 valence electrons. The average Bonchev–Trinajstić information content (AvgIpc) is 2.72. The molecule has 0 radical (unpaired) electrons. The van der Waals surface area contributed by atoms with Gasteiger partial charge in [-0.2, -0.15) is 9.97 Å². The standard InChI is InChI=1S/C23H27N5/c1-17-6-10-19(11-7-17)24-21-16-22(28-14-4-3-5-15-28)27-23(26-21)25-20-12-8-18(2)9-13-20/h6-13,16H,3-5,14-15H2,1-2H3,(H2,24,25,26,27). The fourth-order valence-corrected chi connectivity index (χ4v) is 3.39. The number of hydrogen-bond acceptors (Lipinski definition) is 5. The molecule has 1 aromatic heterocycles. The van der Waals surface area contributed by atoms with Crippen LogP contribution in [0.5, 0.6) is 0 Å². The van der Waals surface area contributed by atoms with E-state index in [1.165, 1.54) is 30.4 Å². The van der Waals surface area contributed by atoms with Crippen molar-refractivity contribution in [1.29, 1.82) is 0 Å². The Labute approximate surface area is 166 Å². The molecule has 0 unspecified atom stereocenters. The summed E-state index contributed by atoms with van der Waals surface area (Å²) in [5, 5.41) is 6.79. The molecule has 5 heteroatoms. The van der Waals surface area contributed by atoms with Crippen LogP contribution in [0, 0.1) is 13.8 Å². The van der Waals surface area contributed by atoms with Gasteiger partial charge < -0.3 is 15.5 Å². The number of nitrogens with zero attached hydrogens (tertiary/aromatic N) is 3. The highest BCUT2D eigenvalue weighted by atomic mass is 15.2. The molecule has 1 fully saturated rings. The molecule has 1 aliphatic rings. The van der Waals surface area contributed by atoms with Gasteiger partial charge in [0.25, 0.3) is 0 Å². The summed E-state index contributed by atoms with van der Waals surface area (Å²) in [7, 11) is 0. The molecule has 2 aromatic carbocycles. The lowest BCUT2D eigenvalue weighted by atomic mass is 10.1. The number of hydrogen-bond donors (Lipinski definition) is 2. The Kier molecular flexibility index (Phi) is 5.42. The molecule has 3 aromatic rings. The van der Waals surface area contributed by atoms with Crippen LogP contribution in [0.25, 0.3) is 0 Å². The summed E-state index contributed by atoms with van der Waals surface area (Å²) in [6.07, 6.45) is 3.72. The fraction of sp³-hybridized carbons (Fsp3) is 0.304. The first kappa shape index (κ1) is 18.3. The van der Waals surface area contributed by atoms with E-state index in [1.54, 1.807) is 0 Å². The van der Waals surface area contributed by atoms with Gasteiger partial charge in [-0.1, -0.05) is 35.4 Å². The van der Waals surface area contributed by atoms with Crippen molar-refractivity contribution in [3.05, 3.63) is 65.7 Å². The molecule has 0 bridgehead atoms. The lowest BCUT2D eigenvalue weighted by molar-refractivity contribution is 0.573. The zero-order valence-electron chi connectivity index (χ0n) is 16.6. The second-order valence-corrected chi connectivity index (χ2v) is 7.46. The van der Waals surface area contributed by atoms with Crippen LogP contribution < -0.4 is 15.5 Å². The SMILES string of the molecule is Cc1ccc(Nc2cc(N3CCCCC3)nc(Nc3ccc(C)cc3)n2)cc1. The molecular formula is C23H27N5. The van der Waals surface area contributed by atoms with Crippen molar-refractivity contribution >= 4 is 29.0 Å². The lowest BCUT2D eigenvalue weighted by Crippen LogP contribution is -2.30. The minimum Gasteiger partial charge on any atom is -0.356 e. The molecule has 5 nitrogen and oxygen atoms in total. The van der Waals surface area contributed by atoms with Crippen LogP contribution in [-0.4, -0.2) is 23.1 Å². The van der Waals surface area contributed by atoms with E-state index in [0.717, 1.165) is 36.1 Å². The molecule has 2 heterocycles. The number of aromatic nitrogens is 2. The van der Waals surface area contributed by atoms with E-state index >= 15 is 0 Å². The number of aryl methyl sites for hydroxylation is 2. The van der Waals surface area contributed by atoms with E-state index in [4.69, 9.17) is 9.97 Å². The maximum atomic E-state index is 4.79. The molecule has 0 amide bonds. The lowest BCUT2D eigenvalue weighted by Gasteiger charge is -2.28. The molecule has 4 rings (SSSR count). The van der Waals surface area contributed by atoms with Crippen LogP contribution in [-0.2, 0) is 0 Å². The molecule has 2 N–H and O–H groups in total. The number of benzene rings is 2. The van der Waals surface area contributed by atoms with Crippen molar-refractivity contribution in [3.8, 4) is 0 Å². The maximum absolute atomic E-state index is 4.79. The van der Waals surface area contributed by atoms with Gasteiger partial charge in [-0.15, -0.1) is 0 Å². The van der Waals surface area contributed by atoms with Gasteiger partial charge in [0.1, 0.15) is 11.6 Å². The Bertz CT molecular complexity index is 847. The Balaban J connectivity index is 1.63. The predicted molar refractivity (Wildman–Crippen MR) is 117 cm³/mol. The zero-order chi connectivity index (χ0) is 19.3. The third kappa shape index (κ3) is 4.60. The summed E-state index contributed by atoms with van der Waals surface area (Å²) in [4.78, 5) is 11.9. The average molecular weight is 374 g/mol. The van der Waals surface area contributed by atoms with Gasteiger partial charge in [0.2, 0.25) is 5.95 Å². The summed E-state index contributed by atoms with van der Waals surface area (Å²) in [5.41, 5.74) is 4.48. The summed E-state index contributed by atoms with van der Waals surface area (Å²) < 4.78 is 0. The monoisotopic (exact) mass is 373 g/mol. The minimum atomic E-state index is 0.613. The Morgan fingerprint density at radius 2 is 1.29 bits per heavy atom. The van der Waals surface area contributed by atoms with Crippen molar-refractivity contribution in [1.82, 2.24) is 9.97 Å². The number of rotatable bonds is 5. The second-order valence-electron chi connectivity index (χ2n) is 7.46. The maximum Gasteiger partial charge on any atom is 0.231 e. The summed E-state index contributed by atoms with van der Waals surface area (Å²) in [5.74, 6) is 2.38. The first-order valence-electron chi connectivity index (χ1n) is 9.97. The first-order valence-corrected chi connectivity index (χ1v) is 9.97. The number of nitrogens with one attached hydrogen (secondary N) is 2. The number of anilines is 5. The fourth-order valence-electron chi connectivity index (χ4n) is 3.39. The third-order valence-corrected chi connectivity index (χ3v) is 5.02. The minimum absolute atomic E-state index is 0.613. The highest BCUT2D eigenvalue weighted by Gasteiger charge is 2.15. The van der Waals surface area contributed by atoms with Crippen molar-refractivity contribution in [3.63, 3.8) is 0 Å². The zero-order valence-corrected chi connectivity index (χ0v) is 16.6. The molecule has 1 aliphatic heterocycles.